The molecule has 6 nitrogen and oxygen atoms in total. The molecular formula is C20H28ClN3O3S. The van der Waals surface area contributed by atoms with Crippen LogP contribution in [-0.4, -0.2) is 20.9 Å². The second-order valence-corrected chi connectivity index (χ2v) is 8.47. The van der Waals surface area contributed by atoms with Crippen LogP contribution >= 0.6 is 12.4 Å². The first-order valence-electron chi connectivity index (χ1n) is 8.98. The zero-order valence-corrected chi connectivity index (χ0v) is 17.9. The van der Waals surface area contributed by atoms with Gasteiger partial charge in [0.05, 0.1) is 4.90 Å². The number of nitrogens with two attached hydrogens (primary N) is 1. The Balaban J connectivity index is 0.00000392. The summed E-state index contributed by atoms with van der Waals surface area (Å²) < 4.78 is 27.4. The molecule has 154 valence electrons. The molecule has 0 aromatic heterocycles. The van der Waals surface area contributed by atoms with Crippen molar-refractivity contribution in [1.82, 2.24) is 4.72 Å². The number of hydrogen-bond acceptors (Lipinski definition) is 4. The Hall–Kier alpha value is -1.93. The predicted molar refractivity (Wildman–Crippen MR) is 115 cm³/mol. The van der Waals surface area contributed by atoms with E-state index in [-0.39, 0.29) is 29.8 Å². The number of hydrogen-bond donors (Lipinski definition) is 3. The van der Waals surface area contributed by atoms with Crippen molar-refractivity contribution < 1.29 is 13.2 Å². The van der Waals surface area contributed by atoms with Gasteiger partial charge in [-0.2, -0.15) is 0 Å². The second-order valence-electron chi connectivity index (χ2n) is 6.71. The molecule has 0 bridgehead atoms. The van der Waals surface area contributed by atoms with E-state index < -0.39 is 16.1 Å². The third-order valence-electron chi connectivity index (χ3n) is 4.29. The fraction of sp³-hybridized carbons (Fsp3) is 0.350. The van der Waals surface area contributed by atoms with Crippen LogP contribution in [-0.2, 0) is 14.8 Å². The van der Waals surface area contributed by atoms with Gasteiger partial charge in [-0.3, -0.25) is 4.79 Å². The highest BCUT2D eigenvalue weighted by Crippen LogP contribution is 2.18. The Labute approximate surface area is 173 Å². The number of halogens is 1. The maximum Gasteiger partial charge on any atom is 0.240 e. The van der Waals surface area contributed by atoms with Gasteiger partial charge in [-0.25, -0.2) is 13.1 Å². The van der Waals surface area contributed by atoms with Crippen molar-refractivity contribution in [2.75, 3.05) is 11.9 Å². The topological polar surface area (TPSA) is 101 Å². The molecule has 2 aromatic rings. The molecule has 28 heavy (non-hydrogen) atoms. The standard InChI is InChI=1S/C20H27N3O3S.ClH/c1-4-20(24)23-17-9-11-18(12-10-17)27(25,26)22-13-19(21)16-7-5-15(6-8-16)14(2)3;/h5-12,14,19,22H,4,13,21H2,1-3H3,(H,23,24);1H. The number of anilines is 1. The molecule has 0 fully saturated rings. The third-order valence-corrected chi connectivity index (χ3v) is 5.73. The number of sulfonamides is 1. The summed E-state index contributed by atoms with van der Waals surface area (Å²) in [4.78, 5) is 11.5. The van der Waals surface area contributed by atoms with Crippen LogP contribution < -0.4 is 15.8 Å². The van der Waals surface area contributed by atoms with E-state index in [2.05, 4.69) is 23.9 Å². The highest BCUT2D eigenvalue weighted by Gasteiger charge is 2.16. The normalized spacial score (nSPS) is 12.3. The highest BCUT2D eigenvalue weighted by atomic mass is 35.5. The molecule has 0 saturated carbocycles. The Morgan fingerprint density at radius 3 is 2.04 bits per heavy atom. The zero-order chi connectivity index (χ0) is 20.0. The average molecular weight is 426 g/mol. The first kappa shape index (κ1) is 24.1. The summed E-state index contributed by atoms with van der Waals surface area (Å²) in [7, 11) is -3.68. The molecule has 2 aromatic carbocycles. The first-order chi connectivity index (χ1) is 12.7. The molecule has 1 atom stereocenters. The number of carbonyl (C=O) groups is 1. The summed E-state index contributed by atoms with van der Waals surface area (Å²) in [6.07, 6.45) is 0.359. The largest absolute Gasteiger partial charge is 0.326 e. The van der Waals surface area contributed by atoms with Gasteiger partial charge >= 0.3 is 0 Å². The minimum absolute atomic E-state index is 0. The van der Waals surface area contributed by atoms with E-state index in [1.54, 1.807) is 19.1 Å². The first-order valence-corrected chi connectivity index (χ1v) is 10.5. The highest BCUT2D eigenvalue weighted by molar-refractivity contribution is 7.89. The predicted octanol–water partition coefficient (Wildman–Crippen LogP) is 3.56. The van der Waals surface area contributed by atoms with Gasteiger partial charge < -0.3 is 11.1 Å². The summed E-state index contributed by atoms with van der Waals surface area (Å²) in [6, 6.07) is 13.5. The quantitative estimate of drug-likeness (QED) is 0.601. The monoisotopic (exact) mass is 425 g/mol. The number of benzene rings is 2. The summed E-state index contributed by atoms with van der Waals surface area (Å²) in [5.41, 5.74) is 8.77. The number of nitrogens with one attached hydrogen (secondary N) is 2. The van der Waals surface area contributed by atoms with Gasteiger partial charge in [-0.15, -0.1) is 12.4 Å². The van der Waals surface area contributed by atoms with Gasteiger partial charge in [0.1, 0.15) is 0 Å². The van der Waals surface area contributed by atoms with Crippen molar-refractivity contribution in [2.45, 2.75) is 44.0 Å². The molecule has 1 amide bonds. The fourth-order valence-corrected chi connectivity index (χ4v) is 3.56. The molecule has 4 N–H and O–H groups in total. The van der Waals surface area contributed by atoms with E-state index >= 15 is 0 Å². The Morgan fingerprint density at radius 2 is 1.54 bits per heavy atom. The average Bonchev–Trinajstić information content (AvgIpc) is 2.66. The number of amides is 1. The number of carbonyl (C=O) groups excluding carboxylic acids is 1. The molecule has 2 rings (SSSR count). The van der Waals surface area contributed by atoms with Gasteiger partial charge in [-0.05, 0) is 41.3 Å². The maximum absolute atomic E-state index is 12.4. The van der Waals surface area contributed by atoms with Crippen molar-refractivity contribution in [3.05, 3.63) is 59.7 Å². The van der Waals surface area contributed by atoms with Crippen LogP contribution in [0.1, 0.15) is 50.3 Å². The van der Waals surface area contributed by atoms with Crippen molar-refractivity contribution in [2.24, 2.45) is 5.73 Å². The van der Waals surface area contributed by atoms with Crippen LogP contribution in [0.15, 0.2) is 53.4 Å². The number of rotatable bonds is 8. The molecule has 0 aliphatic rings. The van der Waals surface area contributed by atoms with Crippen LogP contribution in [0, 0.1) is 0 Å². The van der Waals surface area contributed by atoms with Crippen LogP contribution in [0.25, 0.3) is 0 Å². The Bertz CT molecular complexity index is 867. The summed E-state index contributed by atoms with van der Waals surface area (Å²) in [5, 5.41) is 2.68. The smallest absolute Gasteiger partial charge is 0.240 e. The molecule has 0 spiro atoms. The van der Waals surface area contributed by atoms with Gasteiger partial charge in [-0.1, -0.05) is 45.0 Å². The molecule has 0 radical (unpaired) electrons. The SMILES string of the molecule is CCC(=O)Nc1ccc(S(=O)(=O)NCC(N)c2ccc(C(C)C)cc2)cc1.Cl. The van der Waals surface area contributed by atoms with Crippen LogP contribution in [0.2, 0.25) is 0 Å². The minimum atomic E-state index is -3.68. The second kappa shape index (κ2) is 10.6. The summed E-state index contributed by atoms with van der Waals surface area (Å²) in [6.45, 7) is 6.07. The third kappa shape index (κ3) is 6.60. The molecule has 0 heterocycles. The molecular weight excluding hydrogens is 398 g/mol. The minimum Gasteiger partial charge on any atom is -0.326 e. The van der Waals surface area contributed by atoms with Crippen LogP contribution in [0.5, 0.6) is 0 Å². The van der Waals surface area contributed by atoms with E-state index in [0.29, 0.717) is 18.0 Å². The Morgan fingerprint density at radius 1 is 1.00 bits per heavy atom. The summed E-state index contributed by atoms with van der Waals surface area (Å²) >= 11 is 0. The maximum atomic E-state index is 12.4. The van der Waals surface area contributed by atoms with Crippen molar-refractivity contribution in [3.63, 3.8) is 0 Å². The lowest BCUT2D eigenvalue weighted by atomic mass is 9.99. The van der Waals surface area contributed by atoms with Crippen LogP contribution in [0.3, 0.4) is 0 Å². The fourth-order valence-electron chi connectivity index (χ4n) is 2.50. The van der Waals surface area contributed by atoms with E-state index in [1.807, 2.05) is 24.3 Å². The van der Waals surface area contributed by atoms with Gasteiger partial charge in [0.25, 0.3) is 0 Å². The van der Waals surface area contributed by atoms with Gasteiger partial charge in [0.2, 0.25) is 15.9 Å². The van der Waals surface area contributed by atoms with Crippen molar-refractivity contribution >= 4 is 34.0 Å². The van der Waals surface area contributed by atoms with E-state index in [9.17, 15) is 13.2 Å². The molecule has 0 aliphatic heterocycles. The Kier molecular flexibility index (Phi) is 9.10. The zero-order valence-electron chi connectivity index (χ0n) is 16.3. The molecule has 0 aliphatic carbocycles. The molecule has 0 saturated heterocycles. The van der Waals surface area contributed by atoms with Crippen molar-refractivity contribution in [1.29, 1.82) is 0 Å². The van der Waals surface area contributed by atoms with Crippen molar-refractivity contribution in [3.8, 4) is 0 Å². The van der Waals surface area contributed by atoms with E-state index in [0.717, 1.165) is 5.56 Å². The lowest BCUT2D eigenvalue weighted by molar-refractivity contribution is -0.115. The lowest BCUT2D eigenvalue weighted by Crippen LogP contribution is -2.32. The lowest BCUT2D eigenvalue weighted by Gasteiger charge is -2.15. The molecule has 1 unspecified atom stereocenters. The van der Waals surface area contributed by atoms with E-state index in [4.69, 9.17) is 5.73 Å². The summed E-state index contributed by atoms with van der Waals surface area (Å²) in [5.74, 6) is 0.303. The van der Waals surface area contributed by atoms with Gasteiger partial charge in [0, 0.05) is 24.7 Å². The molecule has 8 heteroatoms. The van der Waals surface area contributed by atoms with Gasteiger partial charge in [0.15, 0.2) is 0 Å². The van der Waals surface area contributed by atoms with E-state index in [1.165, 1.54) is 17.7 Å². The van der Waals surface area contributed by atoms with Crippen LogP contribution in [0.4, 0.5) is 5.69 Å².